The molecule has 1 atom stereocenters. The molecule has 0 bridgehead atoms. The number of rotatable bonds is 10. The monoisotopic (exact) mass is 604 g/mol. The van der Waals surface area contributed by atoms with Gasteiger partial charge in [-0.15, -0.1) is 0 Å². The number of allylic oxidation sites excluding steroid dienone is 2. The Labute approximate surface area is 247 Å². The largest absolute Gasteiger partial charge is 0.366 e. The number of benzene rings is 3. The van der Waals surface area contributed by atoms with Gasteiger partial charge >= 0.3 is 0 Å². The second-order valence-electron chi connectivity index (χ2n) is 10.6. The number of nitrogens with zero attached hydrogens (tertiary/aromatic N) is 1. The zero-order chi connectivity index (χ0) is 30.9. The van der Waals surface area contributed by atoms with Crippen molar-refractivity contribution in [1.82, 2.24) is 4.98 Å². The number of ketones is 1. The van der Waals surface area contributed by atoms with Crippen molar-refractivity contribution in [2.24, 2.45) is 5.73 Å². The van der Waals surface area contributed by atoms with Crippen LogP contribution in [-0.4, -0.2) is 31.3 Å². The van der Waals surface area contributed by atoms with E-state index >= 15 is 0 Å². The average molecular weight is 605 g/mol. The number of Topliss-reactive ketones (excluding diaryl/α,β-unsaturated/α-hetero) is 1. The fourth-order valence-electron chi connectivity index (χ4n) is 5.48. The van der Waals surface area contributed by atoms with Crippen molar-refractivity contribution in [3.63, 3.8) is 0 Å². The standard InChI is InChI=1S/C33H27F3N2O4S/c1-43(41,42)27-8-6-20-4-5-21(29(20)18-27)14-26(39)15-23(11-19-12-24(34)17-25(35)13-19)32-28(3-2-10-38-32)22-7-9-31(36)30(16-22)33(37)40/h2-3,5-10,12-13,16-18,23H,4,11,14-15H2,1H3,(H2,37,40)/t23-/m1/s1. The van der Waals surface area contributed by atoms with E-state index in [1.807, 2.05) is 6.08 Å². The SMILES string of the molecule is CS(=O)(=O)c1ccc2c(c1)C(CC(=O)C[C@@H](Cc1cc(F)cc(F)c1)c1ncccc1-c1ccc(F)c(C(N)=O)c1)=CC2. The highest BCUT2D eigenvalue weighted by Gasteiger charge is 2.25. The van der Waals surface area contributed by atoms with Crippen LogP contribution in [0.5, 0.6) is 0 Å². The van der Waals surface area contributed by atoms with Crippen LogP contribution in [-0.2, 0) is 27.5 Å². The van der Waals surface area contributed by atoms with Gasteiger partial charge in [0.1, 0.15) is 23.2 Å². The minimum atomic E-state index is -3.45. The minimum absolute atomic E-state index is 0.0127. The molecule has 1 aliphatic rings. The van der Waals surface area contributed by atoms with E-state index in [0.29, 0.717) is 39.9 Å². The zero-order valence-corrected chi connectivity index (χ0v) is 23.9. The van der Waals surface area contributed by atoms with Gasteiger partial charge in [0.25, 0.3) is 5.91 Å². The number of hydrogen-bond donors (Lipinski definition) is 1. The van der Waals surface area contributed by atoms with Crippen molar-refractivity contribution in [2.75, 3.05) is 6.26 Å². The topological polar surface area (TPSA) is 107 Å². The van der Waals surface area contributed by atoms with Crippen molar-refractivity contribution >= 4 is 27.1 Å². The van der Waals surface area contributed by atoms with E-state index in [1.54, 1.807) is 30.3 Å². The summed E-state index contributed by atoms with van der Waals surface area (Å²) in [5.74, 6) is -4.11. The molecule has 1 amide bonds. The summed E-state index contributed by atoms with van der Waals surface area (Å²) in [6.07, 6.45) is 5.09. The summed E-state index contributed by atoms with van der Waals surface area (Å²) in [7, 11) is -3.45. The number of hydrogen-bond acceptors (Lipinski definition) is 5. The van der Waals surface area contributed by atoms with Crippen LogP contribution in [0.3, 0.4) is 0 Å². The molecule has 0 aliphatic heterocycles. The highest BCUT2D eigenvalue weighted by Crippen LogP contribution is 2.36. The quantitative estimate of drug-likeness (QED) is 0.240. The number of aromatic nitrogens is 1. The van der Waals surface area contributed by atoms with E-state index in [0.717, 1.165) is 24.0 Å². The van der Waals surface area contributed by atoms with Crippen LogP contribution >= 0.6 is 0 Å². The van der Waals surface area contributed by atoms with Gasteiger partial charge in [0.05, 0.1) is 16.2 Å². The number of halogens is 3. The molecule has 5 rings (SSSR count). The fraction of sp³-hybridized carbons (Fsp3) is 0.182. The smallest absolute Gasteiger partial charge is 0.251 e. The highest BCUT2D eigenvalue weighted by molar-refractivity contribution is 7.90. The molecule has 0 saturated heterocycles. The van der Waals surface area contributed by atoms with E-state index in [-0.39, 0.29) is 35.5 Å². The van der Waals surface area contributed by atoms with E-state index in [4.69, 9.17) is 5.73 Å². The molecular formula is C33H27F3N2O4S. The number of pyridine rings is 1. The lowest BCUT2D eigenvalue weighted by Gasteiger charge is -2.20. The van der Waals surface area contributed by atoms with Gasteiger partial charge in [-0.25, -0.2) is 21.6 Å². The summed E-state index contributed by atoms with van der Waals surface area (Å²) < 4.78 is 66.7. The minimum Gasteiger partial charge on any atom is -0.366 e. The lowest BCUT2D eigenvalue weighted by Crippen LogP contribution is -2.14. The molecule has 1 aromatic heterocycles. The Hall–Kier alpha value is -4.57. The molecule has 2 N–H and O–H groups in total. The molecule has 1 heterocycles. The zero-order valence-electron chi connectivity index (χ0n) is 23.1. The number of nitrogens with two attached hydrogens (primary N) is 1. The number of carbonyl (C=O) groups excluding carboxylic acids is 2. The van der Waals surface area contributed by atoms with E-state index in [1.165, 1.54) is 30.5 Å². The molecule has 0 spiro atoms. The predicted molar refractivity (Wildman–Crippen MR) is 156 cm³/mol. The summed E-state index contributed by atoms with van der Waals surface area (Å²) in [6.45, 7) is 0. The van der Waals surface area contributed by atoms with Gasteiger partial charge in [0.2, 0.25) is 0 Å². The Morgan fingerprint density at radius 3 is 2.40 bits per heavy atom. The summed E-state index contributed by atoms with van der Waals surface area (Å²) in [4.78, 5) is 30.1. The Kier molecular flexibility index (Phi) is 8.32. The third-order valence-corrected chi connectivity index (χ3v) is 8.57. The lowest BCUT2D eigenvalue weighted by atomic mass is 9.85. The van der Waals surface area contributed by atoms with Gasteiger partial charge in [0.15, 0.2) is 9.84 Å². The van der Waals surface area contributed by atoms with Crippen LogP contribution in [0.25, 0.3) is 16.7 Å². The third kappa shape index (κ3) is 6.75. The Morgan fingerprint density at radius 1 is 0.953 bits per heavy atom. The molecule has 43 heavy (non-hydrogen) atoms. The molecule has 4 aromatic rings. The third-order valence-electron chi connectivity index (χ3n) is 7.46. The number of fused-ring (bicyclic) bond motifs is 1. The summed E-state index contributed by atoms with van der Waals surface area (Å²) in [5.41, 5.74) is 9.02. The first-order chi connectivity index (χ1) is 20.4. The van der Waals surface area contributed by atoms with Crippen molar-refractivity contribution in [2.45, 2.75) is 36.5 Å². The Bertz CT molecular complexity index is 1880. The van der Waals surface area contributed by atoms with Gasteiger partial charge in [-0.1, -0.05) is 24.3 Å². The number of carbonyl (C=O) groups is 2. The van der Waals surface area contributed by atoms with Gasteiger partial charge < -0.3 is 5.73 Å². The molecule has 1 aliphatic carbocycles. The Morgan fingerprint density at radius 2 is 1.70 bits per heavy atom. The predicted octanol–water partition coefficient (Wildman–Crippen LogP) is 5.98. The van der Waals surface area contributed by atoms with Crippen LogP contribution in [0.1, 0.15) is 51.5 Å². The van der Waals surface area contributed by atoms with Gasteiger partial charge in [-0.3, -0.25) is 14.6 Å². The summed E-state index contributed by atoms with van der Waals surface area (Å²) in [6, 6.07) is 15.2. The maximum Gasteiger partial charge on any atom is 0.251 e. The average Bonchev–Trinajstić information content (AvgIpc) is 3.33. The van der Waals surface area contributed by atoms with E-state index in [2.05, 4.69) is 4.98 Å². The first kappa shape index (κ1) is 29.9. The molecule has 0 fully saturated rings. The Balaban J connectivity index is 1.50. The molecule has 0 unspecified atom stereocenters. The lowest BCUT2D eigenvalue weighted by molar-refractivity contribution is -0.118. The van der Waals surface area contributed by atoms with Crippen LogP contribution < -0.4 is 5.73 Å². The maximum atomic E-state index is 14.2. The molecule has 0 radical (unpaired) electrons. The van der Waals surface area contributed by atoms with Crippen molar-refractivity contribution in [3.05, 3.63) is 124 Å². The van der Waals surface area contributed by atoms with Crippen molar-refractivity contribution in [3.8, 4) is 11.1 Å². The molecule has 6 nitrogen and oxygen atoms in total. The van der Waals surface area contributed by atoms with Crippen LogP contribution in [0.4, 0.5) is 13.2 Å². The van der Waals surface area contributed by atoms with E-state index < -0.39 is 39.1 Å². The second kappa shape index (κ2) is 12.0. The van der Waals surface area contributed by atoms with Gasteiger partial charge in [0, 0.05) is 42.8 Å². The van der Waals surface area contributed by atoms with Gasteiger partial charge in [-0.2, -0.15) is 0 Å². The van der Waals surface area contributed by atoms with E-state index in [9.17, 15) is 31.2 Å². The fourth-order valence-corrected chi connectivity index (χ4v) is 6.13. The summed E-state index contributed by atoms with van der Waals surface area (Å²) in [5, 5.41) is 0. The molecule has 10 heteroatoms. The second-order valence-corrected chi connectivity index (χ2v) is 12.6. The number of sulfone groups is 1. The number of primary amides is 1. The van der Waals surface area contributed by atoms with Crippen molar-refractivity contribution in [1.29, 1.82) is 0 Å². The number of amides is 1. The first-order valence-electron chi connectivity index (χ1n) is 13.4. The molecule has 3 aromatic carbocycles. The normalized spacial score (nSPS) is 13.3. The molecular weight excluding hydrogens is 577 g/mol. The van der Waals surface area contributed by atoms with Crippen molar-refractivity contribution < 1.29 is 31.2 Å². The van der Waals surface area contributed by atoms with Gasteiger partial charge in [-0.05, 0) is 83.1 Å². The first-order valence-corrected chi connectivity index (χ1v) is 15.3. The van der Waals surface area contributed by atoms with Crippen LogP contribution in [0.2, 0.25) is 0 Å². The summed E-state index contributed by atoms with van der Waals surface area (Å²) >= 11 is 0. The molecule has 0 saturated carbocycles. The van der Waals surface area contributed by atoms with Crippen LogP contribution in [0, 0.1) is 17.5 Å². The highest BCUT2D eigenvalue weighted by atomic mass is 32.2. The van der Waals surface area contributed by atoms with Crippen LogP contribution in [0.15, 0.2) is 83.9 Å². The molecule has 220 valence electrons. The maximum absolute atomic E-state index is 14.2.